The number of thiophene rings is 1. The van der Waals surface area contributed by atoms with Gasteiger partial charge in [0.25, 0.3) is 0 Å². The van der Waals surface area contributed by atoms with Crippen LogP contribution in [0.3, 0.4) is 0 Å². The maximum Gasteiger partial charge on any atom is 0.0412 e. The second-order valence-electron chi connectivity index (χ2n) is 3.56. The molecule has 0 unspecified atom stereocenters. The van der Waals surface area contributed by atoms with Crippen LogP contribution >= 0.6 is 22.9 Å². The highest BCUT2D eigenvalue weighted by Gasteiger charge is 2.06. The Morgan fingerprint density at radius 2 is 2.19 bits per heavy atom. The number of hydrogen-bond donors (Lipinski definition) is 1. The smallest absolute Gasteiger partial charge is 0.0412 e. The Hall–Kier alpha value is -0.830. The third-order valence-corrected chi connectivity index (χ3v) is 3.56. The first-order valence-electron chi connectivity index (χ1n) is 5.34. The summed E-state index contributed by atoms with van der Waals surface area (Å²) < 4.78 is 0. The van der Waals surface area contributed by atoms with Gasteiger partial charge in [0.2, 0.25) is 0 Å². The van der Waals surface area contributed by atoms with Crippen LogP contribution in [0.1, 0.15) is 12.5 Å². The summed E-state index contributed by atoms with van der Waals surface area (Å²) >= 11 is 7.80. The Kier molecular flexibility index (Phi) is 3.99. The Morgan fingerprint density at radius 3 is 2.88 bits per heavy atom. The summed E-state index contributed by atoms with van der Waals surface area (Å²) in [5, 5.41) is 6.23. The predicted octanol–water partition coefficient (Wildman–Crippen LogP) is 4.18. The molecule has 0 atom stereocenters. The zero-order valence-corrected chi connectivity index (χ0v) is 10.7. The molecule has 84 valence electrons. The van der Waals surface area contributed by atoms with Crippen LogP contribution in [-0.4, -0.2) is 6.54 Å². The van der Waals surface area contributed by atoms with Crippen molar-refractivity contribution in [3.63, 3.8) is 0 Å². The molecule has 0 amide bonds. The lowest BCUT2D eigenvalue weighted by Gasteiger charge is -2.09. The molecule has 2 rings (SSSR count). The molecule has 1 heterocycles. The molecule has 0 bridgehead atoms. The lowest BCUT2D eigenvalue weighted by atomic mass is 10.1. The topological polar surface area (TPSA) is 12.0 Å². The fourth-order valence-corrected chi connectivity index (χ4v) is 2.57. The Bertz CT molecular complexity index is 451. The molecule has 0 aliphatic carbocycles. The van der Waals surface area contributed by atoms with E-state index in [1.807, 2.05) is 12.1 Å². The molecular weight excluding hydrogens is 238 g/mol. The number of hydrogen-bond acceptors (Lipinski definition) is 2. The maximum atomic E-state index is 6.05. The molecule has 0 saturated heterocycles. The summed E-state index contributed by atoms with van der Waals surface area (Å²) in [4.78, 5) is 1.27. The van der Waals surface area contributed by atoms with Crippen LogP contribution in [0.5, 0.6) is 0 Å². The van der Waals surface area contributed by atoms with Crippen molar-refractivity contribution < 1.29 is 0 Å². The largest absolute Gasteiger partial charge is 0.313 e. The Labute approximate surface area is 105 Å². The van der Waals surface area contributed by atoms with Gasteiger partial charge in [-0.05, 0) is 41.3 Å². The molecule has 1 aromatic carbocycles. The number of benzene rings is 1. The number of halogens is 1. The first-order chi connectivity index (χ1) is 7.81. The van der Waals surface area contributed by atoms with Gasteiger partial charge >= 0.3 is 0 Å². The first kappa shape index (κ1) is 11.6. The van der Waals surface area contributed by atoms with E-state index in [0.717, 1.165) is 18.1 Å². The quantitative estimate of drug-likeness (QED) is 0.860. The highest BCUT2D eigenvalue weighted by atomic mass is 35.5. The minimum Gasteiger partial charge on any atom is -0.313 e. The van der Waals surface area contributed by atoms with Crippen LogP contribution in [0.2, 0.25) is 5.02 Å². The van der Waals surface area contributed by atoms with E-state index in [1.165, 1.54) is 16.0 Å². The van der Waals surface area contributed by atoms with Gasteiger partial charge in [0.1, 0.15) is 0 Å². The SMILES string of the molecule is CCNCc1ccc(Cl)cc1-c1cccs1. The zero-order chi connectivity index (χ0) is 11.4. The fraction of sp³-hybridized carbons (Fsp3) is 0.231. The molecule has 1 N–H and O–H groups in total. The predicted molar refractivity (Wildman–Crippen MR) is 72.1 cm³/mol. The van der Waals surface area contributed by atoms with Gasteiger partial charge in [-0.1, -0.05) is 30.7 Å². The standard InChI is InChI=1S/C13H14ClNS/c1-2-15-9-10-5-6-11(14)8-12(10)13-4-3-7-16-13/h3-8,15H,2,9H2,1H3. The van der Waals surface area contributed by atoms with Gasteiger partial charge in [-0.15, -0.1) is 11.3 Å². The third-order valence-electron chi connectivity index (χ3n) is 2.42. The molecule has 16 heavy (non-hydrogen) atoms. The van der Waals surface area contributed by atoms with Gasteiger partial charge in [-0.25, -0.2) is 0 Å². The number of nitrogens with one attached hydrogen (secondary N) is 1. The second-order valence-corrected chi connectivity index (χ2v) is 4.94. The summed E-state index contributed by atoms with van der Waals surface area (Å²) in [6, 6.07) is 10.3. The minimum atomic E-state index is 0.795. The monoisotopic (exact) mass is 251 g/mol. The molecule has 1 aromatic heterocycles. The van der Waals surface area contributed by atoms with Crippen molar-refractivity contribution >= 4 is 22.9 Å². The Morgan fingerprint density at radius 1 is 1.31 bits per heavy atom. The van der Waals surface area contributed by atoms with E-state index in [9.17, 15) is 0 Å². The average molecular weight is 252 g/mol. The Balaban J connectivity index is 2.37. The fourth-order valence-electron chi connectivity index (χ4n) is 1.62. The van der Waals surface area contributed by atoms with Gasteiger partial charge in [0, 0.05) is 16.4 Å². The van der Waals surface area contributed by atoms with Crippen molar-refractivity contribution in [1.29, 1.82) is 0 Å². The van der Waals surface area contributed by atoms with Crippen LogP contribution < -0.4 is 5.32 Å². The van der Waals surface area contributed by atoms with Crippen molar-refractivity contribution in [1.82, 2.24) is 5.32 Å². The van der Waals surface area contributed by atoms with E-state index < -0.39 is 0 Å². The van der Waals surface area contributed by atoms with Crippen molar-refractivity contribution in [2.45, 2.75) is 13.5 Å². The molecule has 3 heteroatoms. The van der Waals surface area contributed by atoms with E-state index in [2.05, 4.69) is 35.8 Å². The van der Waals surface area contributed by atoms with Gasteiger partial charge in [-0.3, -0.25) is 0 Å². The molecular formula is C13H14ClNS. The lowest BCUT2D eigenvalue weighted by molar-refractivity contribution is 0.728. The molecule has 0 saturated carbocycles. The van der Waals surface area contributed by atoms with E-state index in [1.54, 1.807) is 11.3 Å². The van der Waals surface area contributed by atoms with E-state index in [4.69, 9.17) is 11.6 Å². The van der Waals surface area contributed by atoms with E-state index in [-0.39, 0.29) is 0 Å². The summed E-state index contributed by atoms with van der Waals surface area (Å²) in [5.74, 6) is 0. The van der Waals surface area contributed by atoms with Crippen molar-refractivity contribution in [2.75, 3.05) is 6.54 Å². The first-order valence-corrected chi connectivity index (χ1v) is 6.60. The molecule has 0 spiro atoms. The minimum absolute atomic E-state index is 0.795. The lowest BCUT2D eigenvalue weighted by Crippen LogP contribution is -2.12. The zero-order valence-electron chi connectivity index (χ0n) is 9.16. The molecule has 1 nitrogen and oxygen atoms in total. The van der Waals surface area contributed by atoms with E-state index >= 15 is 0 Å². The van der Waals surface area contributed by atoms with Crippen LogP contribution in [-0.2, 0) is 6.54 Å². The molecule has 0 fully saturated rings. The van der Waals surface area contributed by atoms with Gasteiger partial charge in [-0.2, -0.15) is 0 Å². The number of rotatable bonds is 4. The second kappa shape index (κ2) is 5.48. The van der Waals surface area contributed by atoms with E-state index in [0.29, 0.717) is 0 Å². The van der Waals surface area contributed by atoms with Crippen LogP contribution in [0.15, 0.2) is 35.7 Å². The summed E-state index contributed by atoms with van der Waals surface area (Å²) in [7, 11) is 0. The average Bonchev–Trinajstić information content (AvgIpc) is 2.80. The molecule has 0 aliphatic heterocycles. The van der Waals surface area contributed by atoms with Gasteiger partial charge in [0.15, 0.2) is 0 Å². The summed E-state index contributed by atoms with van der Waals surface area (Å²) in [6.45, 7) is 3.98. The third kappa shape index (κ3) is 2.64. The summed E-state index contributed by atoms with van der Waals surface area (Å²) in [6.07, 6.45) is 0. The normalized spacial score (nSPS) is 10.6. The van der Waals surface area contributed by atoms with Crippen molar-refractivity contribution in [3.05, 3.63) is 46.3 Å². The van der Waals surface area contributed by atoms with Crippen LogP contribution in [0.25, 0.3) is 10.4 Å². The maximum absolute atomic E-state index is 6.05. The highest BCUT2D eigenvalue weighted by Crippen LogP contribution is 2.30. The molecule has 0 aliphatic rings. The van der Waals surface area contributed by atoms with Crippen molar-refractivity contribution in [3.8, 4) is 10.4 Å². The summed E-state index contributed by atoms with van der Waals surface area (Å²) in [5.41, 5.74) is 2.54. The van der Waals surface area contributed by atoms with Gasteiger partial charge in [0.05, 0.1) is 0 Å². The van der Waals surface area contributed by atoms with Crippen LogP contribution in [0.4, 0.5) is 0 Å². The molecule has 2 aromatic rings. The van der Waals surface area contributed by atoms with Gasteiger partial charge < -0.3 is 5.32 Å². The van der Waals surface area contributed by atoms with Crippen molar-refractivity contribution in [2.24, 2.45) is 0 Å². The molecule has 0 radical (unpaired) electrons. The highest BCUT2D eigenvalue weighted by molar-refractivity contribution is 7.13. The van der Waals surface area contributed by atoms with Crippen LogP contribution in [0, 0.1) is 0 Å².